The fourth-order valence-electron chi connectivity index (χ4n) is 1.99. The standard InChI is InChI=1S/C15H20ClN3OS/c1-15(2,3)14(20)13(19-10-17-9-18-19)8-21-12-6-4-11(16)5-7-12/h4-7,9-10,13-14,20H,8H2,1-3H3. The maximum Gasteiger partial charge on any atom is 0.137 e. The molecule has 4 nitrogen and oxygen atoms in total. The Morgan fingerprint density at radius 1 is 1.29 bits per heavy atom. The molecular formula is C15H20ClN3OS. The molecule has 0 aliphatic carbocycles. The summed E-state index contributed by atoms with van der Waals surface area (Å²) in [6, 6.07) is 7.57. The molecule has 0 radical (unpaired) electrons. The maximum atomic E-state index is 10.6. The lowest BCUT2D eigenvalue weighted by Gasteiger charge is -2.32. The van der Waals surface area contributed by atoms with Crippen molar-refractivity contribution in [2.45, 2.75) is 37.8 Å². The van der Waals surface area contributed by atoms with Gasteiger partial charge in [0.2, 0.25) is 0 Å². The van der Waals surface area contributed by atoms with Crippen LogP contribution in [0.2, 0.25) is 5.02 Å². The van der Waals surface area contributed by atoms with Crippen LogP contribution in [0, 0.1) is 5.41 Å². The summed E-state index contributed by atoms with van der Waals surface area (Å²) in [5.41, 5.74) is -0.225. The van der Waals surface area contributed by atoms with Crippen LogP contribution in [-0.4, -0.2) is 31.7 Å². The molecular weight excluding hydrogens is 306 g/mol. The molecule has 1 aromatic carbocycles. The smallest absolute Gasteiger partial charge is 0.137 e. The second kappa shape index (κ2) is 6.81. The molecule has 0 saturated heterocycles. The molecule has 0 spiro atoms. The summed E-state index contributed by atoms with van der Waals surface area (Å²) < 4.78 is 1.73. The normalized spacial score (nSPS) is 14.9. The highest BCUT2D eigenvalue weighted by Crippen LogP contribution is 2.32. The SMILES string of the molecule is CC(C)(C)C(O)C(CSc1ccc(Cl)cc1)n1cncn1. The van der Waals surface area contributed by atoms with Crippen molar-refractivity contribution in [2.75, 3.05) is 5.75 Å². The third kappa shape index (κ3) is 4.46. The lowest BCUT2D eigenvalue weighted by molar-refractivity contribution is 0.0205. The summed E-state index contributed by atoms with van der Waals surface area (Å²) in [6.07, 6.45) is 2.64. The molecule has 0 saturated carbocycles. The van der Waals surface area contributed by atoms with E-state index in [2.05, 4.69) is 10.1 Å². The molecule has 1 N–H and O–H groups in total. The number of rotatable bonds is 5. The monoisotopic (exact) mass is 325 g/mol. The molecule has 2 atom stereocenters. The van der Waals surface area contributed by atoms with Gasteiger partial charge in [0.15, 0.2) is 0 Å². The lowest BCUT2D eigenvalue weighted by atomic mass is 9.85. The van der Waals surface area contributed by atoms with E-state index in [1.807, 2.05) is 45.0 Å². The Kier molecular flexibility index (Phi) is 5.30. The number of benzene rings is 1. The van der Waals surface area contributed by atoms with Crippen LogP contribution in [0.25, 0.3) is 0 Å². The summed E-state index contributed by atoms with van der Waals surface area (Å²) in [6.45, 7) is 6.07. The van der Waals surface area contributed by atoms with Gasteiger partial charge in [-0.15, -0.1) is 11.8 Å². The first-order valence-corrected chi connectivity index (χ1v) is 8.15. The van der Waals surface area contributed by atoms with Gasteiger partial charge in [-0.1, -0.05) is 32.4 Å². The summed E-state index contributed by atoms with van der Waals surface area (Å²) in [5, 5.41) is 15.5. The van der Waals surface area contributed by atoms with Crippen molar-refractivity contribution in [2.24, 2.45) is 5.41 Å². The van der Waals surface area contributed by atoms with E-state index in [0.717, 1.165) is 9.92 Å². The van der Waals surface area contributed by atoms with E-state index in [1.165, 1.54) is 6.33 Å². The van der Waals surface area contributed by atoms with Gasteiger partial charge in [-0.3, -0.25) is 0 Å². The highest BCUT2D eigenvalue weighted by molar-refractivity contribution is 7.99. The van der Waals surface area contributed by atoms with Crippen LogP contribution in [0.15, 0.2) is 41.8 Å². The van der Waals surface area contributed by atoms with Crippen molar-refractivity contribution in [1.82, 2.24) is 14.8 Å². The van der Waals surface area contributed by atoms with Crippen molar-refractivity contribution >= 4 is 23.4 Å². The first-order valence-electron chi connectivity index (χ1n) is 6.78. The Morgan fingerprint density at radius 3 is 2.48 bits per heavy atom. The van der Waals surface area contributed by atoms with Gasteiger partial charge in [-0.2, -0.15) is 5.10 Å². The van der Waals surface area contributed by atoms with E-state index in [9.17, 15) is 5.11 Å². The predicted octanol–water partition coefficient (Wildman–Crippen LogP) is 3.67. The van der Waals surface area contributed by atoms with Gasteiger partial charge >= 0.3 is 0 Å². The average Bonchev–Trinajstić information content (AvgIpc) is 2.94. The Morgan fingerprint density at radius 2 is 1.95 bits per heavy atom. The zero-order valence-electron chi connectivity index (χ0n) is 12.4. The van der Waals surface area contributed by atoms with Gasteiger partial charge in [0.05, 0.1) is 12.1 Å². The first-order chi connectivity index (χ1) is 9.88. The molecule has 0 aliphatic rings. The number of hydrogen-bond donors (Lipinski definition) is 1. The van der Waals surface area contributed by atoms with E-state index in [4.69, 9.17) is 11.6 Å². The largest absolute Gasteiger partial charge is 0.390 e. The molecule has 2 rings (SSSR count). The summed E-state index contributed by atoms with van der Waals surface area (Å²) in [5.74, 6) is 0.712. The van der Waals surface area contributed by atoms with Crippen molar-refractivity contribution in [3.8, 4) is 0 Å². The summed E-state index contributed by atoms with van der Waals surface area (Å²) >= 11 is 7.57. The van der Waals surface area contributed by atoms with E-state index < -0.39 is 6.10 Å². The van der Waals surface area contributed by atoms with Gasteiger partial charge in [-0.05, 0) is 29.7 Å². The van der Waals surface area contributed by atoms with Crippen LogP contribution in [0.3, 0.4) is 0 Å². The van der Waals surface area contributed by atoms with E-state index in [-0.39, 0.29) is 11.5 Å². The summed E-state index contributed by atoms with van der Waals surface area (Å²) in [7, 11) is 0. The predicted molar refractivity (Wildman–Crippen MR) is 86.7 cm³/mol. The second-order valence-electron chi connectivity index (χ2n) is 6.02. The minimum Gasteiger partial charge on any atom is -0.390 e. The quantitative estimate of drug-likeness (QED) is 0.852. The molecule has 21 heavy (non-hydrogen) atoms. The Hall–Kier alpha value is -1.04. The molecule has 6 heteroatoms. The van der Waals surface area contributed by atoms with E-state index in [1.54, 1.807) is 22.8 Å². The van der Waals surface area contributed by atoms with Crippen LogP contribution >= 0.6 is 23.4 Å². The number of halogens is 1. The van der Waals surface area contributed by atoms with Crippen LogP contribution in [0.4, 0.5) is 0 Å². The number of aliphatic hydroxyl groups excluding tert-OH is 1. The van der Waals surface area contributed by atoms with Crippen molar-refractivity contribution in [3.05, 3.63) is 41.9 Å². The number of nitrogens with zero attached hydrogens (tertiary/aromatic N) is 3. The molecule has 0 fully saturated rings. The zero-order chi connectivity index (χ0) is 15.5. The minimum absolute atomic E-state index is 0.131. The number of aromatic nitrogens is 3. The van der Waals surface area contributed by atoms with E-state index >= 15 is 0 Å². The van der Waals surface area contributed by atoms with Gasteiger partial charge in [-0.25, -0.2) is 9.67 Å². The Labute approximate surface area is 134 Å². The average molecular weight is 326 g/mol. The van der Waals surface area contributed by atoms with Gasteiger partial charge < -0.3 is 5.11 Å². The number of aliphatic hydroxyl groups is 1. The third-order valence-corrected chi connectivity index (χ3v) is 4.63. The molecule has 2 unspecified atom stereocenters. The first kappa shape index (κ1) is 16.3. The second-order valence-corrected chi connectivity index (χ2v) is 7.55. The topological polar surface area (TPSA) is 50.9 Å². The van der Waals surface area contributed by atoms with Crippen molar-refractivity contribution in [1.29, 1.82) is 0 Å². The van der Waals surface area contributed by atoms with E-state index in [0.29, 0.717) is 5.75 Å². The molecule has 0 bridgehead atoms. The van der Waals surface area contributed by atoms with Crippen LogP contribution < -0.4 is 0 Å². The van der Waals surface area contributed by atoms with Gasteiger partial charge in [0.1, 0.15) is 12.7 Å². The molecule has 1 aromatic heterocycles. The minimum atomic E-state index is -0.515. The molecule has 0 aliphatic heterocycles. The highest BCUT2D eigenvalue weighted by Gasteiger charge is 2.32. The molecule has 1 heterocycles. The number of thioether (sulfide) groups is 1. The summed E-state index contributed by atoms with van der Waals surface area (Å²) in [4.78, 5) is 5.10. The fourth-order valence-corrected chi connectivity index (χ4v) is 3.14. The molecule has 114 valence electrons. The van der Waals surface area contributed by atoms with Crippen LogP contribution in [-0.2, 0) is 0 Å². The zero-order valence-corrected chi connectivity index (χ0v) is 14.0. The van der Waals surface area contributed by atoms with Gasteiger partial charge in [0, 0.05) is 15.7 Å². The van der Waals surface area contributed by atoms with Crippen molar-refractivity contribution < 1.29 is 5.11 Å². The molecule has 2 aromatic rings. The van der Waals surface area contributed by atoms with Crippen LogP contribution in [0.5, 0.6) is 0 Å². The fraction of sp³-hybridized carbons (Fsp3) is 0.467. The number of hydrogen-bond acceptors (Lipinski definition) is 4. The third-order valence-electron chi connectivity index (χ3n) is 3.26. The molecule has 0 amide bonds. The Bertz CT molecular complexity index is 551. The Balaban J connectivity index is 2.11. The van der Waals surface area contributed by atoms with Crippen LogP contribution in [0.1, 0.15) is 26.8 Å². The van der Waals surface area contributed by atoms with Gasteiger partial charge in [0.25, 0.3) is 0 Å². The van der Waals surface area contributed by atoms with Crippen molar-refractivity contribution in [3.63, 3.8) is 0 Å². The highest BCUT2D eigenvalue weighted by atomic mass is 35.5. The maximum absolute atomic E-state index is 10.6. The lowest BCUT2D eigenvalue weighted by Crippen LogP contribution is -2.37.